The van der Waals surface area contributed by atoms with Crippen LogP contribution in [-0.4, -0.2) is 31.0 Å². The van der Waals surface area contributed by atoms with Gasteiger partial charge in [0.1, 0.15) is 6.04 Å². The van der Waals surface area contributed by atoms with Gasteiger partial charge in [0.25, 0.3) is 0 Å². The van der Waals surface area contributed by atoms with E-state index in [1.807, 2.05) is 19.3 Å². The predicted octanol–water partition coefficient (Wildman–Crippen LogP) is 0.00510. The normalized spacial score (nSPS) is 22.9. The highest BCUT2D eigenvalue weighted by atomic mass is 15.4. The Morgan fingerprint density at radius 2 is 2.60 bits per heavy atom. The van der Waals surface area contributed by atoms with Crippen LogP contribution in [0, 0.1) is 0 Å². The zero-order valence-corrected chi connectivity index (χ0v) is 5.86. The maximum Gasteiger partial charge on any atom is 0.101 e. The van der Waals surface area contributed by atoms with Gasteiger partial charge in [-0.15, -0.1) is 0 Å². The molecule has 0 aliphatic carbocycles. The van der Waals surface area contributed by atoms with Crippen LogP contribution in [-0.2, 0) is 0 Å². The van der Waals surface area contributed by atoms with Gasteiger partial charge in [-0.05, 0) is 6.08 Å². The highest BCUT2D eigenvalue weighted by molar-refractivity contribution is 5.67. The molecular formula is C6H10N4. The number of hydrazone groups is 2. The fourth-order valence-electron chi connectivity index (χ4n) is 0.664. The molecule has 0 saturated carbocycles. The number of nitrogens with zero attached hydrogens (tertiary/aromatic N) is 3. The molecule has 0 radical (unpaired) electrons. The van der Waals surface area contributed by atoms with Crippen molar-refractivity contribution in [2.45, 2.75) is 6.04 Å². The average Bonchev–Trinajstić information content (AvgIpc) is 1.95. The van der Waals surface area contributed by atoms with Gasteiger partial charge in [0.05, 0.1) is 6.21 Å². The van der Waals surface area contributed by atoms with Crippen LogP contribution in [0.25, 0.3) is 0 Å². The Morgan fingerprint density at radius 3 is 3.10 bits per heavy atom. The second kappa shape index (κ2) is 3.00. The molecule has 4 nitrogen and oxygen atoms in total. The number of rotatable bonds is 2. The Balaban J connectivity index is 2.45. The summed E-state index contributed by atoms with van der Waals surface area (Å²) in [6.07, 6.45) is 5.57. The fraction of sp³-hybridized carbons (Fsp3) is 0.333. The van der Waals surface area contributed by atoms with Crippen molar-refractivity contribution < 1.29 is 0 Å². The topological polar surface area (TPSA) is 40.0 Å². The van der Waals surface area contributed by atoms with Gasteiger partial charge >= 0.3 is 0 Å². The second-order valence-corrected chi connectivity index (χ2v) is 1.99. The summed E-state index contributed by atoms with van der Waals surface area (Å²) < 4.78 is 0. The van der Waals surface area contributed by atoms with Crippen LogP contribution in [0.1, 0.15) is 0 Å². The Bertz CT molecular complexity index is 159. The molecule has 1 N–H and O–H groups in total. The van der Waals surface area contributed by atoms with E-state index >= 15 is 0 Å². The Morgan fingerprint density at radius 1 is 1.80 bits per heavy atom. The second-order valence-electron chi connectivity index (χ2n) is 1.99. The molecule has 0 aromatic carbocycles. The van der Waals surface area contributed by atoms with Gasteiger partial charge < -0.3 is 0 Å². The molecule has 1 heterocycles. The summed E-state index contributed by atoms with van der Waals surface area (Å²) >= 11 is 0. The van der Waals surface area contributed by atoms with Gasteiger partial charge in [0.2, 0.25) is 0 Å². The van der Waals surface area contributed by atoms with Crippen molar-refractivity contribution in [3.63, 3.8) is 0 Å². The van der Waals surface area contributed by atoms with E-state index in [1.165, 1.54) is 0 Å². The minimum atomic E-state index is 0.0914. The lowest BCUT2D eigenvalue weighted by atomic mass is 10.3. The van der Waals surface area contributed by atoms with Crippen LogP contribution < -0.4 is 5.43 Å². The zero-order chi connectivity index (χ0) is 7.40. The summed E-state index contributed by atoms with van der Waals surface area (Å²) in [7, 11) is 1.87. The first kappa shape index (κ1) is 6.80. The summed E-state index contributed by atoms with van der Waals surface area (Å²) in [5.74, 6) is 0. The van der Waals surface area contributed by atoms with Crippen LogP contribution in [0.5, 0.6) is 0 Å². The predicted molar refractivity (Wildman–Crippen MR) is 41.9 cm³/mol. The average molecular weight is 138 g/mol. The van der Waals surface area contributed by atoms with Gasteiger partial charge in [-0.2, -0.15) is 10.2 Å². The van der Waals surface area contributed by atoms with Crippen molar-refractivity contribution in [2.24, 2.45) is 10.2 Å². The standard InChI is InChI=1S/C6H10N4/c1-7-9-6-3-4-10(2)8-5-6/h3-6,9H,1H2,2H3. The van der Waals surface area contributed by atoms with Gasteiger partial charge in [-0.25, -0.2) is 0 Å². The lowest BCUT2D eigenvalue weighted by Gasteiger charge is -2.14. The van der Waals surface area contributed by atoms with Crippen LogP contribution in [0.2, 0.25) is 0 Å². The third-order valence-corrected chi connectivity index (χ3v) is 1.16. The quantitative estimate of drug-likeness (QED) is 0.431. The zero-order valence-electron chi connectivity index (χ0n) is 5.86. The molecule has 0 fully saturated rings. The Labute approximate surface area is 59.9 Å². The number of hydrogen-bond donors (Lipinski definition) is 1. The van der Waals surface area contributed by atoms with E-state index in [2.05, 4.69) is 22.3 Å². The molecule has 10 heavy (non-hydrogen) atoms. The summed E-state index contributed by atoms with van der Waals surface area (Å²) in [6.45, 7) is 3.30. The fourth-order valence-corrected chi connectivity index (χ4v) is 0.664. The van der Waals surface area contributed by atoms with Gasteiger partial charge in [0, 0.05) is 20.0 Å². The van der Waals surface area contributed by atoms with Crippen molar-refractivity contribution in [3.8, 4) is 0 Å². The molecule has 0 aromatic rings. The first-order valence-electron chi connectivity index (χ1n) is 2.99. The van der Waals surface area contributed by atoms with E-state index in [1.54, 1.807) is 11.2 Å². The molecule has 0 amide bonds. The first-order valence-corrected chi connectivity index (χ1v) is 2.99. The summed E-state index contributed by atoms with van der Waals surface area (Å²) in [4.78, 5) is 0. The van der Waals surface area contributed by atoms with Crippen LogP contribution >= 0.6 is 0 Å². The first-order chi connectivity index (χ1) is 4.83. The highest BCUT2D eigenvalue weighted by Gasteiger charge is 2.01. The molecule has 1 rings (SSSR count). The largest absolute Gasteiger partial charge is 0.298 e. The van der Waals surface area contributed by atoms with E-state index in [9.17, 15) is 0 Å². The molecule has 0 spiro atoms. The smallest absolute Gasteiger partial charge is 0.101 e. The maximum atomic E-state index is 4.00. The van der Waals surface area contributed by atoms with Crippen molar-refractivity contribution in [2.75, 3.05) is 7.05 Å². The molecule has 0 bridgehead atoms. The van der Waals surface area contributed by atoms with Crippen molar-refractivity contribution >= 4 is 12.9 Å². The van der Waals surface area contributed by atoms with Crippen LogP contribution in [0.4, 0.5) is 0 Å². The molecule has 1 aliphatic rings. The molecule has 1 atom stereocenters. The monoisotopic (exact) mass is 138 g/mol. The Kier molecular flexibility index (Phi) is 2.04. The molecule has 4 heteroatoms. The summed E-state index contributed by atoms with van der Waals surface area (Å²) in [5.41, 5.74) is 2.76. The summed E-state index contributed by atoms with van der Waals surface area (Å²) in [5, 5.41) is 9.25. The molecule has 0 saturated heterocycles. The lowest BCUT2D eigenvalue weighted by molar-refractivity contribution is 0.476. The molecule has 54 valence electrons. The van der Waals surface area contributed by atoms with E-state index < -0.39 is 0 Å². The minimum Gasteiger partial charge on any atom is -0.298 e. The highest BCUT2D eigenvalue weighted by Crippen LogP contribution is 1.95. The third-order valence-electron chi connectivity index (χ3n) is 1.16. The van der Waals surface area contributed by atoms with E-state index in [-0.39, 0.29) is 6.04 Å². The maximum absolute atomic E-state index is 4.00. The molecule has 0 aromatic heterocycles. The number of hydrogen-bond acceptors (Lipinski definition) is 4. The van der Waals surface area contributed by atoms with Crippen molar-refractivity contribution in [1.29, 1.82) is 0 Å². The minimum absolute atomic E-state index is 0.0914. The van der Waals surface area contributed by atoms with Gasteiger partial charge in [-0.3, -0.25) is 10.4 Å². The summed E-state index contributed by atoms with van der Waals surface area (Å²) in [6, 6.07) is 0.0914. The van der Waals surface area contributed by atoms with E-state index in [0.29, 0.717) is 0 Å². The van der Waals surface area contributed by atoms with E-state index in [4.69, 9.17) is 0 Å². The van der Waals surface area contributed by atoms with Crippen molar-refractivity contribution in [1.82, 2.24) is 10.4 Å². The van der Waals surface area contributed by atoms with Crippen molar-refractivity contribution in [3.05, 3.63) is 12.3 Å². The van der Waals surface area contributed by atoms with Crippen LogP contribution in [0.3, 0.4) is 0 Å². The lowest BCUT2D eigenvalue weighted by Crippen LogP contribution is -2.27. The van der Waals surface area contributed by atoms with Gasteiger partial charge in [0.15, 0.2) is 0 Å². The molecule has 1 unspecified atom stereocenters. The molecular weight excluding hydrogens is 128 g/mol. The van der Waals surface area contributed by atoms with Crippen LogP contribution in [0.15, 0.2) is 22.5 Å². The van der Waals surface area contributed by atoms with E-state index in [0.717, 1.165) is 0 Å². The molecule has 1 aliphatic heterocycles. The van der Waals surface area contributed by atoms with Gasteiger partial charge in [-0.1, -0.05) is 0 Å². The Hall–Kier alpha value is -1.32. The SMILES string of the molecule is C=NNC1C=CN(C)N=C1. The third kappa shape index (κ3) is 1.58. The number of nitrogens with one attached hydrogen (secondary N) is 1.